The predicted octanol–water partition coefficient (Wildman–Crippen LogP) is 3.80. The molecule has 0 bridgehead atoms. The molecule has 0 radical (unpaired) electrons. The van der Waals surface area contributed by atoms with E-state index in [1.54, 1.807) is 0 Å². The smallest absolute Gasteiger partial charge is 0.321 e. The largest absolute Gasteiger partial charge is 0.480 e. The summed E-state index contributed by atoms with van der Waals surface area (Å²) in [5.41, 5.74) is 6.34. The van der Waals surface area contributed by atoms with Crippen LogP contribution in [0.15, 0.2) is 48.5 Å². The highest BCUT2D eigenvalue weighted by molar-refractivity contribution is 5.87. The van der Waals surface area contributed by atoms with Crippen LogP contribution in [-0.4, -0.2) is 44.2 Å². The summed E-state index contributed by atoms with van der Waals surface area (Å²) >= 11 is 0. The van der Waals surface area contributed by atoms with Crippen LogP contribution < -0.4 is 10.6 Å². The number of carbonyl (C=O) groups is 2. The summed E-state index contributed by atoms with van der Waals surface area (Å²) in [7, 11) is 0. The quantitative estimate of drug-likeness (QED) is 0.253. The number of fused-ring (bicyclic) bond motifs is 6. The number of carboxylic acid groups (broad SMARTS) is 2. The first-order valence-electron chi connectivity index (χ1n) is 12.2. The van der Waals surface area contributed by atoms with Gasteiger partial charge >= 0.3 is 11.9 Å². The maximum atomic E-state index is 11.9. The zero-order valence-electron chi connectivity index (χ0n) is 19.2. The molecule has 0 fully saturated rings. The first-order valence-corrected chi connectivity index (χ1v) is 12.2. The molecule has 4 heterocycles. The molecule has 180 valence electrons. The van der Waals surface area contributed by atoms with E-state index < -0.39 is 24.0 Å². The van der Waals surface area contributed by atoms with Gasteiger partial charge in [0.15, 0.2) is 0 Å². The Kier molecular flexibility index (Phi) is 5.35. The highest BCUT2D eigenvalue weighted by Gasteiger charge is 2.35. The number of benzene rings is 2. The number of rotatable bonds is 6. The van der Waals surface area contributed by atoms with Gasteiger partial charge in [-0.05, 0) is 42.5 Å². The van der Waals surface area contributed by atoms with Crippen molar-refractivity contribution in [3.8, 4) is 0 Å². The van der Waals surface area contributed by atoms with Crippen molar-refractivity contribution in [1.82, 2.24) is 20.6 Å². The molecule has 2 aliphatic heterocycles. The number of hydrogen-bond acceptors (Lipinski definition) is 4. The van der Waals surface area contributed by atoms with Gasteiger partial charge in [0.05, 0.1) is 0 Å². The second-order valence-corrected chi connectivity index (χ2v) is 9.68. The van der Waals surface area contributed by atoms with Crippen LogP contribution in [0.1, 0.15) is 53.9 Å². The Labute approximate surface area is 201 Å². The third-order valence-electron chi connectivity index (χ3n) is 7.59. The number of nitrogens with one attached hydrogen (secondary N) is 4. The number of aliphatic carboxylic acids is 2. The number of H-pyrrole nitrogens is 2. The van der Waals surface area contributed by atoms with Gasteiger partial charge in [0.2, 0.25) is 0 Å². The van der Waals surface area contributed by atoms with Crippen molar-refractivity contribution in [2.75, 3.05) is 0 Å². The maximum absolute atomic E-state index is 11.9. The fraction of sp³-hybridized carbons (Fsp3) is 0.333. The zero-order chi connectivity index (χ0) is 24.1. The predicted molar refractivity (Wildman–Crippen MR) is 132 cm³/mol. The van der Waals surface area contributed by atoms with E-state index in [1.165, 1.54) is 0 Å². The number of aromatic nitrogens is 2. The van der Waals surface area contributed by atoms with Gasteiger partial charge in [-0.2, -0.15) is 0 Å². The molecule has 4 aromatic rings. The molecule has 0 saturated carbocycles. The molecule has 2 aliphatic rings. The first-order chi connectivity index (χ1) is 17.0. The van der Waals surface area contributed by atoms with E-state index in [1.807, 2.05) is 48.5 Å². The molecule has 4 atom stereocenters. The second-order valence-electron chi connectivity index (χ2n) is 9.68. The Hall–Kier alpha value is -3.62. The molecule has 2 aromatic heterocycles. The molecule has 35 heavy (non-hydrogen) atoms. The van der Waals surface area contributed by atoms with Crippen LogP contribution in [0.3, 0.4) is 0 Å². The average Bonchev–Trinajstić information content (AvgIpc) is 3.42. The van der Waals surface area contributed by atoms with E-state index in [2.05, 4.69) is 20.6 Å². The number of aromatic amines is 2. The van der Waals surface area contributed by atoms with E-state index in [4.69, 9.17) is 0 Å². The number of carboxylic acids is 2. The summed E-state index contributed by atoms with van der Waals surface area (Å²) in [5.74, 6) is -1.68. The highest BCUT2D eigenvalue weighted by atomic mass is 16.4. The van der Waals surface area contributed by atoms with Crippen LogP contribution in [-0.2, 0) is 22.4 Å². The summed E-state index contributed by atoms with van der Waals surface area (Å²) in [4.78, 5) is 30.8. The molecular weight excluding hydrogens is 444 g/mol. The molecule has 8 nitrogen and oxygen atoms in total. The SMILES string of the molecule is O=C(O)[C@@H]1Cc2c([nH]c3ccccc23)[C@H](CCC[C@@H]2N[C@H](C(=O)O)Cc3c2[nH]c2ccccc32)N1. The lowest BCUT2D eigenvalue weighted by Gasteiger charge is -2.31. The second kappa shape index (κ2) is 8.55. The zero-order valence-corrected chi connectivity index (χ0v) is 19.2. The van der Waals surface area contributed by atoms with Gasteiger partial charge in [-0.3, -0.25) is 20.2 Å². The summed E-state index contributed by atoms with van der Waals surface area (Å²) < 4.78 is 0. The minimum Gasteiger partial charge on any atom is -0.480 e. The Balaban J connectivity index is 1.25. The van der Waals surface area contributed by atoms with Crippen molar-refractivity contribution in [3.63, 3.8) is 0 Å². The van der Waals surface area contributed by atoms with Crippen LogP contribution in [0.2, 0.25) is 0 Å². The Morgan fingerprint density at radius 3 is 1.57 bits per heavy atom. The van der Waals surface area contributed by atoms with Crippen molar-refractivity contribution in [2.45, 2.75) is 56.3 Å². The van der Waals surface area contributed by atoms with Crippen molar-refractivity contribution in [1.29, 1.82) is 0 Å². The van der Waals surface area contributed by atoms with Gasteiger partial charge in [-0.1, -0.05) is 36.4 Å². The Bertz CT molecular complexity index is 1330. The Morgan fingerprint density at radius 1 is 0.714 bits per heavy atom. The van der Waals surface area contributed by atoms with E-state index in [0.717, 1.165) is 63.6 Å². The van der Waals surface area contributed by atoms with Crippen molar-refractivity contribution < 1.29 is 19.8 Å². The van der Waals surface area contributed by atoms with Gasteiger partial charge < -0.3 is 20.2 Å². The molecule has 2 aromatic carbocycles. The van der Waals surface area contributed by atoms with Crippen LogP contribution in [0.4, 0.5) is 0 Å². The lowest BCUT2D eigenvalue weighted by atomic mass is 9.89. The monoisotopic (exact) mass is 472 g/mol. The van der Waals surface area contributed by atoms with E-state index in [0.29, 0.717) is 12.8 Å². The summed E-state index contributed by atoms with van der Waals surface area (Å²) in [6, 6.07) is 14.6. The Morgan fingerprint density at radius 2 is 1.14 bits per heavy atom. The van der Waals surface area contributed by atoms with Crippen molar-refractivity contribution in [3.05, 3.63) is 71.0 Å². The minimum atomic E-state index is -0.841. The number of hydrogen-bond donors (Lipinski definition) is 6. The third kappa shape index (κ3) is 3.79. The van der Waals surface area contributed by atoms with Crippen LogP contribution in [0.5, 0.6) is 0 Å². The van der Waals surface area contributed by atoms with Crippen molar-refractivity contribution in [2.24, 2.45) is 0 Å². The van der Waals surface area contributed by atoms with E-state index >= 15 is 0 Å². The highest BCUT2D eigenvalue weighted by Crippen LogP contribution is 2.37. The molecule has 0 spiro atoms. The molecular formula is C27H28N4O4. The summed E-state index contributed by atoms with van der Waals surface area (Å²) in [6.45, 7) is 0. The van der Waals surface area contributed by atoms with Crippen LogP contribution >= 0.6 is 0 Å². The minimum absolute atomic E-state index is 0.103. The summed E-state index contributed by atoms with van der Waals surface area (Å²) in [5, 5.41) is 28.3. The molecule has 6 rings (SSSR count). The standard InChI is InChI=1S/C27H28N4O4/c32-26(33)22-12-16-14-6-1-3-8-18(14)30-24(16)20(28-22)10-5-11-21-25-17(13-23(29-21)27(34)35)15-7-2-4-9-19(15)31-25/h1-4,6-9,20-23,28-31H,5,10-13H2,(H,32,33)(H,34,35)/t20-,21-,22-,23-/m0/s1. The van der Waals surface area contributed by atoms with Gasteiger partial charge in [0.25, 0.3) is 0 Å². The van der Waals surface area contributed by atoms with Gasteiger partial charge in [-0.15, -0.1) is 0 Å². The van der Waals surface area contributed by atoms with Crippen molar-refractivity contribution >= 4 is 33.7 Å². The molecule has 8 heteroatoms. The molecule has 0 aliphatic carbocycles. The molecule has 6 N–H and O–H groups in total. The van der Waals surface area contributed by atoms with Gasteiger partial charge in [-0.25, -0.2) is 0 Å². The lowest BCUT2D eigenvalue weighted by molar-refractivity contribution is -0.140. The fourth-order valence-electron chi connectivity index (χ4n) is 5.95. The van der Waals surface area contributed by atoms with Gasteiger partial charge in [0, 0.05) is 58.1 Å². The summed E-state index contributed by atoms with van der Waals surface area (Å²) in [6.07, 6.45) is 3.20. The fourth-order valence-corrected chi connectivity index (χ4v) is 5.95. The van der Waals surface area contributed by atoms with E-state index in [9.17, 15) is 19.8 Å². The first kappa shape index (κ1) is 21.9. The lowest BCUT2D eigenvalue weighted by Crippen LogP contribution is -2.45. The number of para-hydroxylation sites is 2. The molecule has 0 amide bonds. The van der Waals surface area contributed by atoms with E-state index in [-0.39, 0.29) is 12.1 Å². The third-order valence-corrected chi connectivity index (χ3v) is 7.59. The van der Waals surface area contributed by atoms with Crippen LogP contribution in [0, 0.1) is 0 Å². The van der Waals surface area contributed by atoms with Crippen LogP contribution in [0.25, 0.3) is 21.8 Å². The maximum Gasteiger partial charge on any atom is 0.321 e. The average molecular weight is 473 g/mol. The molecule has 0 saturated heterocycles. The normalized spacial score (nSPS) is 23.8. The molecule has 0 unspecified atom stereocenters. The topological polar surface area (TPSA) is 130 Å². The van der Waals surface area contributed by atoms with Gasteiger partial charge in [0.1, 0.15) is 12.1 Å².